The second-order valence-corrected chi connectivity index (χ2v) is 5.89. The number of rotatable bonds is 6. The minimum Gasteiger partial charge on any atom is -0.366 e. The van der Waals surface area contributed by atoms with Crippen molar-refractivity contribution >= 4 is 28.6 Å². The lowest BCUT2D eigenvalue weighted by Crippen LogP contribution is -2.26. The summed E-state index contributed by atoms with van der Waals surface area (Å²) >= 11 is 0. The van der Waals surface area contributed by atoms with E-state index >= 15 is 0 Å². The van der Waals surface area contributed by atoms with E-state index in [-0.39, 0.29) is 11.6 Å². The van der Waals surface area contributed by atoms with Gasteiger partial charge in [0.1, 0.15) is 5.69 Å². The highest BCUT2D eigenvalue weighted by Crippen LogP contribution is 2.22. The molecule has 1 saturated heterocycles. The number of nitrogens with two attached hydrogens (primary N) is 2. The predicted octanol–water partition coefficient (Wildman–Crippen LogP) is 0.247. The molecule has 0 bridgehead atoms. The van der Waals surface area contributed by atoms with Crippen LogP contribution in [0.5, 0.6) is 0 Å². The van der Waals surface area contributed by atoms with Gasteiger partial charge in [0.2, 0.25) is 5.91 Å². The molecular weight excluding hydrogens is 310 g/mol. The number of primary amides is 2. The summed E-state index contributed by atoms with van der Waals surface area (Å²) in [6.07, 6.45) is 5.47. The third-order valence-corrected chi connectivity index (χ3v) is 4.28. The Morgan fingerprint density at radius 3 is 2.62 bits per heavy atom. The second-order valence-electron chi connectivity index (χ2n) is 5.89. The first-order chi connectivity index (χ1) is 11.5. The largest absolute Gasteiger partial charge is 0.366 e. The van der Waals surface area contributed by atoms with Gasteiger partial charge in [0, 0.05) is 37.6 Å². The lowest BCUT2D eigenvalue weighted by atomic mass is 10.1. The Morgan fingerprint density at radius 1 is 1.21 bits per heavy atom. The van der Waals surface area contributed by atoms with Crippen LogP contribution in [0.2, 0.25) is 0 Å². The van der Waals surface area contributed by atoms with Crippen LogP contribution in [-0.4, -0.2) is 45.3 Å². The van der Waals surface area contributed by atoms with E-state index in [4.69, 9.17) is 11.5 Å². The number of nitrogens with zero attached hydrogens (tertiary/aromatic N) is 3. The molecular formula is C16H19N5O3. The fourth-order valence-corrected chi connectivity index (χ4v) is 3.08. The third kappa shape index (κ3) is 2.94. The smallest absolute Gasteiger partial charge is 0.267 e. The van der Waals surface area contributed by atoms with Crippen molar-refractivity contribution in [3.8, 4) is 0 Å². The first-order valence-corrected chi connectivity index (χ1v) is 7.83. The highest BCUT2D eigenvalue weighted by molar-refractivity contribution is 6.07. The summed E-state index contributed by atoms with van der Waals surface area (Å²) in [6.45, 7) is 2.10. The molecule has 0 atom stereocenters. The molecule has 2 aromatic heterocycles. The van der Waals surface area contributed by atoms with Crippen LogP contribution in [0, 0.1) is 0 Å². The molecule has 3 amide bonds. The molecule has 0 aliphatic carbocycles. The summed E-state index contributed by atoms with van der Waals surface area (Å²) in [4.78, 5) is 40.4. The number of likely N-dealkylation sites (tertiary alicyclic amines) is 1. The third-order valence-electron chi connectivity index (χ3n) is 4.28. The molecule has 3 heterocycles. The van der Waals surface area contributed by atoms with E-state index in [1.165, 1.54) is 12.3 Å². The van der Waals surface area contributed by atoms with Gasteiger partial charge in [0.15, 0.2) is 0 Å². The number of carbonyl (C=O) groups is 3. The minimum atomic E-state index is -0.660. The van der Waals surface area contributed by atoms with Crippen LogP contribution >= 0.6 is 0 Å². The Bertz CT molecular complexity index is 826. The molecule has 1 aliphatic rings. The van der Waals surface area contributed by atoms with E-state index < -0.39 is 11.8 Å². The summed E-state index contributed by atoms with van der Waals surface area (Å²) in [6, 6.07) is 1.48. The van der Waals surface area contributed by atoms with Gasteiger partial charge in [0.05, 0.1) is 17.3 Å². The molecule has 0 saturated carbocycles. The van der Waals surface area contributed by atoms with Crippen molar-refractivity contribution in [3.63, 3.8) is 0 Å². The summed E-state index contributed by atoms with van der Waals surface area (Å²) in [5.41, 5.74) is 11.8. The van der Waals surface area contributed by atoms with Crippen LogP contribution in [0.1, 0.15) is 40.1 Å². The molecule has 0 radical (unpaired) electrons. The molecule has 1 aliphatic heterocycles. The van der Waals surface area contributed by atoms with Gasteiger partial charge in [-0.2, -0.15) is 0 Å². The van der Waals surface area contributed by atoms with Crippen molar-refractivity contribution in [3.05, 3.63) is 29.7 Å². The number of hydrogen-bond acceptors (Lipinski definition) is 4. The van der Waals surface area contributed by atoms with E-state index in [1.54, 1.807) is 6.20 Å². The Balaban J connectivity index is 1.83. The minimum absolute atomic E-state index is 0.0883. The van der Waals surface area contributed by atoms with E-state index in [2.05, 4.69) is 4.98 Å². The van der Waals surface area contributed by atoms with Gasteiger partial charge in [-0.3, -0.25) is 14.4 Å². The van der Waals surface area contributed by atoms with E-state index in [1.807, 2.05) is 9.47 Å². The molecule has 0 unspecified atom stereocenters. The molecule has 2 aromatic rings. The van der Waals surface area contributed by atoms with E-state index in [0.717, 1.165) is 19.4 Å². The van der Waals surface area contributed by atoms with Crippen LogP contribution in [0.4, 0.5) is 0 Å². The molecule has 1 fully saturated rings. The number of pyridine rings is 1. The van der Waals surface area contributed by atoms with Crippen molar-refractivity contribution in [1.82, 2.24) is 14.5 Å². The Kier molecular flexibility index (Phi) is 4.20. The number of aryl methyl sites for hydroxylation is 1. The quantitative estimate of drug-likeness (QED) is 0.788. The van der Waals surface area contributed by atoms with Crippen LogP contribution < -0.4 is 11.5 Å². The van der Waals surface area contributed by atoms with Crippen molar-refractivity contribution in [2.75, 3.05) is 13.1 Å². The lowest BCUT2D eigenvalue weighted by Gasteiger charge is -2.15. The van der Waals surface area contributed by atoms with Crippen molar-refractivity contribution in [1.29, 1.82) is 0 Å². The standard InChI is InChI=1S/C16H19N5O3/c17-15(23)11-9-21(6-2-5-20-4-1-3-14(20)22)13-8-19-12(16(18)24)7-10(11)13/h7-9H,1-6H2,(H2,17,23)(H2,18,24). The summed E-state index contributed by atoms with van der Waals surface area (Å²) in [5.74, 6) is -1.04. The molecule has 126 valence electrons. The Morgan fingerprint density at radius 2 is 2.00 bits per heavy atom. The second kappa shape index (κ2) is 6.31. The van der Waals surface area contributed by atoms with Crippen molar-refractivity contribution in [2.24, 2.45) is 11.5 Å². The maximum absolute atomic E-state index is 11.7. The number of fused-ring (bicyclic) bond motifs is 1. The fraction of sp³-hybridized carbons (Fsp3) is 0.375. The fourth-order valence-electron chi connectivity index (χ4n) is 3.08. The van der Waals surface area contributed by atoms with Crippen LogP contribution in [0.3, 0.4) is 0 Å². The molecule has 3 rings (SSSR count). The van der Waals surface area contributed by atoms with Gasteiger partial charge in [0.25, 0.3) is 11.8 Å². The summed E-state index contributed by atoms with van der Waals surface area (Å²) in [7, 11) is 0. The number of carbonyl (C=O) groups excluding carboxylic acids is 3. The van der Waals surface area contributed by atoms with E-state index in [0.29, 0.717) is 36.0 Å². The van der Waals surface area contributed by atoms with Crippen molar-refractivity contribution < 1.29 is 14.4 Å². The highest BCUT2D eigenvalue weighted by atomic mass is 16.2. The Labute approximate surface area is 138 Å². The molecule has 24 heavy (non-hydrogen) atoms. The predicted molar refractivity (Wildman–Crippen MR) is 87.2 cm³/mol. The molecule has 0 aromatic carbocycles. The van der Waals surface area contributed by atoms with Crippen LogP contribution in [0.15, 0.2) is 18.5 Å². The van der Waals surface area contributed by atoms with Gasteiger partial charge in [-0.15, -0.1) is 0 Å². The molecule has 0 spiro atoms. The number of hydrogen-bond donors (Lipinski definition) is 2. The maximum atomic E-state index is 11.7. The molecule has 4 N–H and O–H groups in total. The van der Waals surface area contributed by atoms with Gasteiger partial charge < -0.3 is 20.9 Å². The number of aromatic nitrogens is 2. The normalized spacial score (nSPS) is 14.5. The topological polar surface area (TPSA) is 124 Å². The zero-order valence-electron chi connectivity index (χ0n) is 13.2. The molecule has 8 nitrogen and oxygen atoms in total. The zero-order valence-corrected chi connectivity index (χ0v) is 13.2. The van der Waals surface area contributed by atoms with Gasteiger partial charge in [-0.1, -0.05) is 0 Å². The molecule has 8 heteroatoms. The average Bonchev–Trinajstić information content (AvgIpc) is 3.11. The van der Waals surface area contributed by atoms with E-state index in [9.17, 15) is 14.4 Å². The highest BCUT2D eigenvalue weighted by Gasteiger charge is 2.20. The zero-order chi connectivity index (χ0) is 17.3. The van der Waals surface area contributed by atoms with Gasteiger partial charge in [-0.25, -0.2) is 4.98 Å². The van der Waals surface area contributed by atoms with Crippen LogP contribution in [0.25, 0.3) is 10.9 Å². The van der Waals surface area contributed by atoms with Gasteiger partial charge >= 0.3 is 0 Å². The maximum Gasteiger partial charge on any atom is 0.267 e. The Hall–Kier alpha value is -2.90. The first-order valence-electron chi connectivity index (χ1n) is 7.83. The lowest BCUT2D eigenvalue weighted by molar-refractivity contribution is -0.127. The number of amides is 3. The van der Waals surface area contributed by atoms with Crippen LogP contribution in [-0.2, 0) is 11.3 Å². The first kappa shape index (κ1) is 16.0. The summed E-state index contributed by atoms with van der Waals surface area (Å²) in [5, 5.41) is 0.559. The SMILES string of the molecule is NC(=O)c1cc2c(C(N)=O)cn(CCCN3CCCC3=O)c2cn1. The summed E-state index contributed by atoms with van der Waals surface area (Å²) < 4.78 is 1.87. The average molecular weight is 329 g/mol. The van der Waals surface area contributed by atoms with Gasteiger partial charge in [-0.05, 0) is 18.9 Å². The monoisotopic (exact) mass is 329 g/mol. The van der Waals surface area contributed by atoms with Crippen molar-refractivity contribution in [2.45, 2.75) is 25.8 Å².